The van der Waals surface area contributed by atoms with Crippen molar-refractivity contribution in [2.75, 3.05) is 6.61 Å². The van der Waals surface area contributed by atoms with E-state index in [9.17, 15) is 4.39 Å². The van der Waals surface area contributed by atoms with Crippen molar-refractivity contribution in [1.29, 1.82) is 0 Å². The molecule has 100 valence electrons. The highest BCUT2D eigenvalue weighted by molar-refractivity contribution is 5.27. The van der Waals surface area contributed by atoms with Gasteiger partial charge >= 0.3 is 0 Å². The summed E-state index contributed by atoms with van der Waals surface area (Å²) in [5.41, 5.74) is 4.99. The van der Waals surface area contributed by atoms with Gasteiger partial charge in [-0.3, -0.25) is 11.3 Å². The first-order valence-corrected chi connectivity index (χ1v) is 6.43. The second-order valence-electron chi connectivity index (χ2n) is 5.19. The molecule has 0 bridgehead atoms. The molecular formula is C14H21FN2O. The Bertz CT molecular complexity index is 411. The van der Waals surface area contributed by atoms with E-state index in [1.165, 1.54) is 6.07 Å². The smallest absolute Gasteiger partial charge is 0.123 e. The summed E-state index contributed by atoms with van der Waals surface area (Å²) in [6, 6.07) is 5.09. The number of ether oxygens (including phenoxy) is 1. The zero-order valence-corrected chi connectivity index (χ0v) is 10.9. The largest absolute Gasteiger partial charge is 0.378 e. The highest BCUT2D eigenvalue weighted by atomic mass is 19.1. The lowest BCUT2D eigenvalue weighted by atomic mass is 9.90. The van der Waals surface area contributed by atoms with Crippen molar-refractivity contribution < 1.29 is 9.13 Å². The number of hydrogen-bond acceptors (Lipinski definition) is 3. The van der Waals surface area contributed by atoms with E-state index >= 15 is 0 Å². The number of rotatable bonds is 4. The van der Waals surface area contributed by atoms with Crippen LogP contribution in [0.1, 0.15) is 24.5 Å². The van der Waals surface area contributed by atoms with Crippen molar-refractivity contribution in [2.45, 2.75) is 38.8 Å². The highest BCUT2D eigenvalue weighted by Crippen LogP contribution is 2.25. The number of hydrogen-bond donors (Lipinski definition) is 2. The second kappa shape index (κ2) is 5.78. The Morgan fingerprint density at radius 3 is 2.89 bits per heavy atom. The minimum Gasteiger partial charge on any atom is -0.378 e. The van der Waals surface area contributed by atoms with Crippen LogP contribution in [-0.2, 0) is 11.2 Å². The molecule has 0 spiro atoms. The molecule has 2 rings (SSSR count). The normalized spacial score (nSPS) is 25.3. The lowest BCUT2D eigenvalue weighted by Gasteiger charge is -2.22. The number of hydrazine groups is 1. The van der Waals surface area contributed by atoms with Gasteiger partial charge in [0.05, 0.1) is 12.7 Å². The van der Waals surface area contributed by atoms with Gasteiger partial charge in [-0.2, -0.15) is 0 Å². The molecule has 1 aromatic carbocycles. The van der Waals surface area contributed by atoms with Crippen LogP contribution in [0.5, 0.6) is 0 Å². The molecule has 1 saturated heterocycles. The summed E-state index contributed by atoms with van der Waals surface area (Å²) < 4.78 is 18.6. The number of nitrogens with two attached hydrogens (primary N) is 1. The third-order valence-electron chi connectivity index (χ3n) is 3.76. The van der Waals surface area contributed by atoms with Crippen LogP contribution in [-0.4, -0.2) is 18.8 Å². The van der Waals surface area contributed by atoms with E-state index in [-0.39, 0.29) is 11.9 Å². The molecule has 4 heteroatoms. The number of halogens is 1. The summed E-state index contributed by atoms with van der Waals surface area (Å²) in [6.07, 6.45) is 2.14. The van der Waals surface area contributed by atoms with Crippen LogP contribution in [0, 0.1) is 18.7 Å². The van der Waals surface area contributed by atoms with Gasteiger partial charge in [0.2, 0.25) is 0 Å². The molecule has 3 nitrogen and oxygen atoms in total. The summed E-state index contributed by atoms with van der Waals surface area (Å²) >= 11 is 0. The van der Waals surface area contributed by atoms with Gasteiger partial charge in [0.25, 0.3) is 0 Å². The van der Waals surface area contributed by atoms with Gasteiger partial charge < -0.3 is 4.74 Å². The van der Waals surface area contributed by atoms with Crippen LogP contribution in [0.2, 0.25) is 0 Å². The fraction of sp³-hybridized carbons (Fsp3) is 0.571. The first kappa shape index (κ1) is 13.5. The zero-order chi connectivity index (χ0) is 13.1. The molecule has 0 saturated carbocycles. The molecule has 18 heavy (non-hydrogen) atoms. The summed E-state index contributed by atoms with van der Waals surface area (Å²) in [4.78, 5) is 0. The Kier molecular flexibility index (Phi) is 4.32. The maximum atomic E-state index is 13.1. The van der Waals surface area contributed by atoms with Gasteiger partial charge in [0, 0.05) is 12.0 Å². The first-order valence-electron chi connectivity index (χ1n) is 6.43. The summed E-state index contributed by atoms with van der Waals surface area (Å²) in [5, 5.41) is 0. The molecule has 1 fully saturated rings. The van der Waals surface area contributed by atoms with E-state index in [1.54, 1.807) is 6.07 Å². The predicted octanol–water partition coefficient (Wildman–Crippen LogP) is 1.93. The van der Waals surface area contributed by atoms with Crippen LogP contribution < -0.4 is 11.3 Å². The summed E-state index contributed by atoms with van der Waals surface area (Å²) in [7, 11) is 0. The van der Waals surface area contributed by atoms with Gasteiger partial charge in [-0.05, 0) is 49.9 Å². The molecule has 3 atom stereocenters. The molecular weight excluding hydrogens is 231 g/mol. The van der Waals surface area contributed by atoms with E-state index in [0.29, 0.717) is 12.0 Å². The molecule has 3 N–H and O–H groups in total. The van der Waals surface area contributed by atoms with E-state index in [1.807, 2.05) is 13.0 Å². The van der Waals surface area contributed by atoms with E-state index in [2.05, 4.69) is 12.3 Å². The van der Waals surface area contributed by atoms with Gasteiger partial charge in [-0.1, -0.05) is 6.07 Å². The fourth-order valence-electron chi connectivity index (χ4n) is 2.62. The molecule has 3 unspecified atom stereocenters. The molecule has 0 aliphatic carbocycles. The third-order valence-corrected chi connectivity index (χ3v) is 3.76. The van der Waals surface area contributed by atoms with Gasteiger partial charge in [-0.15, -0.1) is 0 Å². The molecule has 0 aromatic heterocycles. The fourth-order valence-corrected chi connectivity index (χ4v) is 2.62. The van der Waals surface area contributed by atoms with Crippen LogP contribution in [0.25, 0.3) is 0 Å². The van der Waals surface area contributed by atoms with Gasteiger partial charge in [-0.25, -0.2) is 4.39 Å². The van der Waals surface area contributed by atoms with Crippen molar-refractivity contribution in [2.24, 2.45) is 11.8 Å². The number of benzene rings is 1. The molecule has 0 radical (unpaired) electrons. The van der Waals surface area contributed by atoms with Crippen LogP contribution in [0.15, 0.2) is 18.2 Å². The Labute approximate surface area is 107 Å². The minimum absolute atomic E-state index is 0.180. The maximum Gasteiger partial charge on any atom is 0.123 e. The monoisotopic (exact) mass is 252 g/mol. The number of aryl methyl sites for hydroxylation is 1. The van der Waals surface area contributed by atoms with Crippen molar-refractivity contribution in [1.82, 2.24) is 5.43 Å². The van der Waals surface area contributed by atoms with Crippen molar-refractivity contribution in [3.63, 3.8) is 0 Å². The van der Waals surface area contributed by atoms with Crippen molar-refractivity contribution in [3.05, 3.63) is 35.1 Å². The average molecular weight is 252 g/mol. The molecule has 1 aliphatic heterocycles. The standard InChI is InChI=1S/C14H21FN2O/c1-9-5-13(15)4-3-11(9)7-14(17-16)12-6-10(2)18-8-12/h3-5,10,12,14,17H,6-8,16H2,1-2H3. The van der Waals surface area contributed by atoms with Gasteiger partial charge in [0.1, 0.15) is 5.82 Å². The van der Waals surface area contributed by atoms with E-state index < -0.39 is 0 Å². The lowest BCUT2D eigenvalue weighted by molar-refractivity contribution is 0.117. The van der Waals surface area contributed by atoms with E-state index in [4.69, 9.17) is 10.6 Å². The molecule has 1 aromatic rings. The SMILES string of the molecule is Cc1cc(F)ccc1CC(NN)C1COC(C)C1. The Morgan fingerprint density at radius 1 is 1.56 bits per heavy atom. The van der Waals surface area contributed by atoms with Crippen LogP contribution >= 0.6 is 0 Å². The predicted molar refractivity (Wildman–Crippen MR) is 69.5 cm³/mol. The molecule has 0 amide bonds. The maximum absolute atomic E-state index is 13.1. The lowest BCUT2D eigenvalue weighted by Crippen LogP contribution is -2.43. The number of nitrogens with one attached hydrogen (secondary N) is 1. The molecule has 1 heterocycles. The van der Waals surface area contributed by atoms with Gasteiger partial charge in [0.15, 0.2) is 0 Å². The Hall–Kier alpha value is -0.970. The minimum atomic E-state index is -0.189. The first-order chi connectivity index (χ1) is 8.60. The Morgan fingerprint density at radius 2 is 2.33 bits per heavy atom. The summed E-state index contributed by atoms with van der Waals surface area (Å²) in [6.45, 7) is 4.76. The molecule has 1 aliphatic rings. The van der Waals surface area contributed by atoms with E-state index in [0.717, 1.165) is 30.6 Å². The quantitative estimate of drug-likeness (QED) is 0.636. The Balaban J connectivity index is 2.05. The third kappa shape index (κ3) is 3.07. The second-order valence-corrected chi connectivity index (χ2v) is 5.19. The van der Waals surface area contributed by atoms with Crippen LogP contribution in [0.3, 0.4) is 0 Å². The van der Waals surface area contributed by atoms with Crippen molar-refractivity contribution in [3.8, 4) is 0 Å². The zero-order valence-electron chi connectivity index (χ0n) is 10.9. The summed E-state index contributed by atoms with van der Waals surface area (Å²) in [5.74, 6) is 5.88. The highest BCUT2D eigenvalue weighted by Gasteiger charge is 2.29. The average Bonchev–Trinajstić information content (AvgIpc) is 2.75. The topological polar surface area (TPSA) is 47.3 Å². The van der Waals surface area contributed by atoms with Crippen LogP contribution in [0.4, 0.5) is 4.39 Å². The van der Waals surface area contributed by atoms with Crippen molar-refractivity contribution >= 4 is 0 Å².